The lowest BCUT2D eigenvalue weighted by atomic mass is 10.2. The van der Waals surface area contributed by atoms with Gasteiger partial charge in [0.05, 0.1) is 13.7 Å². The molecule has 3 aromatic rings. The molecule has 0 atom stereocenters. The van der Waals surface area contributed by atoms with Gasteiger partial charge in [-0.25, -0.2) is 4.39 Å². The van der Waals surface area contributed by atoms with Crippen LogP contribution in [0.5, 0.6) is 11.5 Å². The van der Waals surface area contributed by atoms with Crippen molar-refractivity contribution < 1.29 is 27.2 Å². The number of aromatic nitrogens is 2. The standard InChI is InChI=1S/C21H19ClF3N3O3/c1-29-18-9-12(5-8-17(18)30-21(24)25)20-26-19(31-27-20)11-28(13-6-7-13)10-14-15(22)3-2-4-16(14)23/h2-5,8-9,13,21H,6-7,10-11H2,1H3. The molecule has 1 heterocycles. The zero-order valence-corrected chi connectivity index (χ0v) is 17.3. The largest absolute Gasteiger partial charge is 0.493 e. The van der Waals surface area contributed by atoms with Gasteiger partial charge in [-0.1, -0.05) is 22.8 Å². The molecule has 10 heteroatoms. The van der Waals surface area contributed by atoms with E-state index in [2.05, 4.69) is 14.9 Å². The summed E-state index contributed by atoms with van der Waals surface area (Å²) in [6.45, 7) is -2.32. The molecule has 0 radical (unpaired) electrons. The fourth-order valence-corrected chi connectivity index (χ4v) is 3.47. The summed E-state index contributed by atoms with van der Waals surface area (Å²) >= 11 is 6.17. The Balaban J connectivity index is 1.51. The van der Waals surface area contributed by atoms with Gasteiger partial charge in [-0.05, 0) is 43.2 Å². The van der Waals surface area contributed by atoms with Crippen LogP contribution in [-0.2, 0) is 13.1 Å². The first-order valence-corrected chi connectivity index (χ1v) is 9.95. The number of nitrogens with zero attached hydrogens (tertiary/aromatic N) is 3. The number of hydrogen-bond donors (Lipinski definition) is 0. The molecule has 6 nitrogen and oxygen atoms in total. The van der Waals surface area contributed by atoms with Gasteiger partial charge >= 0.3 is 6.61 Å². The Bertz CT molecular complexity index is 1040. The Morgan fingerprint density at radius 1 is 1.19 bits per heavy atom. The number of halogens is 4. The molecule has 0 spiro atoms. The van der Waals surface area contributed by atoms with E-state index in [9.17, 15) is 13.2 Å². The number of rotatable bonds is 9. The first-order valence-electron chi connectivity index (χ1n) is 9.57. The van der Waals surface area contributed by atoms with Gasteiger partial charge in [0.25, 0.3) is 0 Å². The van der Waals surface area contributed by atoms with Gasteiger partial charge in [0, 0.05) is 28.7 Å². The van der Waals surface area contributed by atoms with Crippen molar-refractivity contribution >= 4 is 11.6 Å². The second-order valence-electron chi connectivity index (χ2n) is 7.09. The van der Waals surface area contributed by atoms with Crippen LogP contribution >= 0.6 is 11.6 Å². The highest BCUT2D eigenvalue weighted by molar-refractivity contribution is 6.31. The SMILES string of the molecule is COc1cc(-c2noc(CN(Cc3c(F)cccc3Cl)C3CC3)n2)ccc1OC(F)F. The van der Waals surface area contributed by atoms with E-state index in [1.807, 2.05) is 4.90 Å². The fraction of sp³-hybridized carbons (Fsp3) is 0.333. The predicted molar refractivity (Wildman–Crippen MR) is 107 cm³/mol. The van der Waals surface area contributed by atoms with Crippen molar-refractivity contribution in [3.05, 3.63) is 58.7 Å². The summed E-state index contributed by atoms with van der Waals surface area (Å²) in [4.78, 5) is 6.44. The maximum Gasteiger partial charge on any atom is 0.387 e. The van der Waals surface area contributed by atoms with Crippen molar-refractivity contribution in [1.82, 2.24) is 15.0 Å². The van der Waals surface area contributed by atoms with E-state index in [1.54, 1.807) is 12.1 Å². The molecular weight excluding hydrogens is 435 g/mol. The molecule has 1 aromatic heterocycles. The summed E-state index contributed by atoms with van der Waals surface area (Å²) in [5, 5.41) is 4.34. The van der Waals surface area contributed by atoms with Crippen LogP contribution in [0.2, 0.25) is 5.02 Å². The highest BCUT2D eigenvalue weighted by Crippen LogP contribution is 2.34. The average Bonchev–Trinajstić information content (AvgIpc) is 3.48. The van der Waals surface area contributed by atoms with Crippen LogP contribution in [-0.4, -0.2) is 34.8 Å². The Morgan fingerprint density at radius 2 is 2.00 bits per heavy atom. The molecular formula is C21H19ClF3N3O3. The van der Waals surface area contributed by atoms with Gasteiger partial charge in [0.1, 0.15) is 5.82 Å². The molecule has 1 saturated carbocycles. The first-order chi connectivity index (χ1) is 14.9. The van der Waals surface area contributed by atoms with Crippen molar-refractivity contribution in [2.45, 2.75) is 38.6 Å². The molecule has 0 bridgehead atoms. The van der Waals surface area contributed by atoms with Crippen LogP contribution in [0.25, 0.3) is 11.4 Å². The second-order valence-corrected chi connectivity index (χ2v) is 7.50. The predicted octanol–water partition coefficient (Wildman–Crippen LogP) is 5.30. The average molecular weight is 454 g/mol. The Morgan fingerprint density at radius 3 is 2.68 bits per heavy atom. The van der Waals surface area contributed by atoms with Crippen molar-refractivity contribution in [3.8, 4) is 22.9 Å². The molecule has 2 aromatic carbocycles. The summed E-state index contributed by atoms with van der Waals surface area (Å²) in [6, 6.07) is 9.27. The number of alkyl halides is 2. The number of ether oxygens (including phenoxy) is 2. The zero-order chi connectivity index (χ0) is 22.0. The lowest BCUT2D eigenvalue weighted by molar-refractivity contribution is -0.0512. The maximum absolute atomic E-state index is 14.2. The third-order valence-electron chi connectivity index (χ3n) is 4.93. The molecule has 1 aliphatic rings. The van der Waals surface area contributed by atoms with E-state index in [1.165, 1.54) is 31.4 Å². The minimum atomic E-state index is -2.96. The monoisotopic (exact) mass is 453 g/mol. The first kappa shape index (κ1) is 21.5. The van der Waals surface area contributed by atoms with E-state index in [0.717, 1.165) is 12.8 Å². The zero-order valence-electron chi connectivity index (χ0n) is 16.5. The van der Waals surface area contributed by atoms with E-state index < -0.39 is 6.61 Å². The summed E-state index contributed by atoms with van der Waals surface area (Å²) in [7, 11) is 1.35. The van der Waals surface area contributed by atoms with Gasteiger partial charge in [-0.15, -0.1) is 0 Å². The number of methoxy groups -OCH3 is 1. The summed E-state index contributed by atoms with van der Waals surface area (Å²) < 4.78 is 54.1. The Labute approximate surface area is 181 Å². The maximum atomic E-state index is 14.2. The lowest BCUT2D eigenvalue weighted by Gasteiger charge is -2.20. The quantitative estimate of drug-likeness (QED) is 0.438. The molecule has 0 unspecified atom stereocenters. The van der Waals surface area contributed by atoms with Crippen molar-refractivity contribution in [3.63, 3.8) is 0 Å². The minimum Gasteiger partial charge on any atom is -0.493 e. The van der Waals surface area contributed by atoms with Crippen LogP contribution in [0.1, 0.15) is 24.3 Å². The van der Waals surface area contributed by atoms with Gasteiger partial charge in [-0.3, -0.25) is 4.90 Å². The molecule has 0 amide bonds. The van der Waals surface area contributed by atoms with Crippen LogP contribution in [0.3, 0.4) is 0 Å². The van der Waals surface area contributed by atoms with E-state index in [0.29, 0.717) is 35.1 Å². The van der Waals surface area contributed by atoms with Crippen LogP contribution in [0.15, 0.2) is 40.9 Å². The third kappa shape index (κ3) is 5.11. The van der Waals surface area contributed by atoms with Crippen molar-refractivity contribution in [2.75, 3.05) is 7.11 Å². The highest BCUT2D eigenvalue weighted by atomic mass is 35.5. The Hall–Kier alpha value is -2.78. The molecule has 164 valence electrons. The summed E-state index contributed by atoms with van der Waals surface area (Å²) in [5.74, 6) is 0.296. The number of benzene rings is 2. The molecule has 4 rings (SSSR count). The normalized spacial score (nSPS) is 13.8. The lowest BCUT2D eigenvalue weighted by Crippen LogP contribution is -2.26. The van der Waals surface area contributed by atoms with Gasteiger partial charge in [0.2, 0.25) is 11.7 Å². The summed E-state index contributed by atoms with van der Waals surface area (Å²) in [6.07, 6.45) is 1.99. The third-order valence-corrected chi connectivity index (χ3v) is 5.28. The van der Waals surface area contributed by atoms with Crippen molar-refractivity contribution in [2.24, 2.45) is 0 Å². The topological polar surface area (TPSA) is 60.6 Å². The fourth-order valence-electron chi connectivity index (χ4n) is 3.25. The van der Waals surface area contributed by atoms with Gasteiger partial charge in [-0.2, -0.15) is 13.8 Å². The summed E-state index contributed by atoms with van der Waals surface area (Å²) in [5.41, 5.74) is 0.943. The Kier molecular flexibility index (Phi) is 6.33. The van der Waals surface area contributed by atoms with Gasteiger partial charge in [0.15, 0.2) is 11.5 Å². The number of hydrogen-bond acceptors (Lipinski definition) is 6. The molecule has 0 saturated heterocycles. The second kappa shape index (κ2) is 9.15. The van der Waals surface area contributed by atoms with Crippen LogP contribution in [0.4, 0.5) is 13.2 Å². The molecule has 31 heavy (non-hydrogen) atoms. The van der Waals surface area contributed by atoms with Crippen LogP contribution < -0.4 is 9.47 Å². The van der Waals surface area contributed by atoms with Crippen molar-refractivity contribution in [1.29, 1.82) is 0 Å². The molecule has 1 aliphatic carbocycles. The minimum absolute atomic E-state index is 0.0911. The van der Waals surface area contributed by atoms with E-state index >= 15 is 0 Å². The smallest absolute Gasteiger partial charge is 0.387 e. The highest BCUT2D eigenvalue weighted by Gasteiger charge is 2.31. The molecule has 0 aliphatic heterocycles. The molecule has 0 N–H and O–H groups in total. The molecule has 1 fully saturated rings. The van der Waals surface area contributed by atoms with E-state index in [-0.39, 0.29) is 29.2 Å². The van der Waals surface area contributed by atoms with Crippen LogP contribution in [0, 0.1) is 5.82 Å². The van der Waals surface area contributed by atoms with E-state index in [4.69, 9.17) is 20.9 Å². The van der Waals surface area contributed by atoms with Gasteiger partial charge < -0.3 is 14.0 Å².